The van der Waals surface area contributed by atoms with Gasteiger partial charge in [-0.1, -0.05) is 63.4 Å². The predicted octanol–water partition coefficient (Wildman–Crippen LogP) is 5.93. The fourth-order valence-corrected chi connectivity index (χ4v) is 3.14. The van der Waals surface area contributed by atoms with Gasteiger partial charge in [0.15, 0.2) is 0 Å². The first-order valence-corrected chi connectivity index (χ1v) is 7.31. The van der Waals surface area contributed by atoms with E-state index in [4.69, 9.17) is 23.2 Å². The molecule has 0 aliphatic heterocycles. The van der Waals surface area contributed by atoms with Crippen LogP contribution >= 0.6 is 39.1 Å². The van der Waals surface area contributed by atoms with Crippen molar-refractivity contribution >= 4 is 39.1 Å². The van der Waals surface area contributed by atoms with Crippen LogP contribution in [-0.2, 0) is 6.42 Å². The van der Waals surface area contributed by atoms with Crippen LogP contribution < -0.4 is 0 Å². The highest BCUT2D eigenvalue weighted by molar-refractivity contribution is 9.10. The van der Waals surface area contributed by atoms with E-state index in [-0.39, 0.29) is 5.38 Å². The van der Waals surface area contributed by atoms with E-state index in [9.17, 15) is 0 Å². The Kier molecular flexibility index (Phi) is 4.71. The van der Waals surface area contributed by atoms with E-state index in [0.29, 0.717) is 5.02 Å². The Morgan fingerprint density at radius 2 is 1.94 bits per heavy atom. The van der Waals surface area contributed by atoms with Crippen LogP contribution in [0.15, 0.2) is 46.9 Å². The van der Waals surface area contributed by atoms with E-state index in [1.54, 1.807) is 0 Å². The van der Waals surface area contributed by atoms with Crippen molar-refractivity contribution < 1.29 is 0 Å². The number of hydrogen-bond acceptors (Lipinski definition) is 0. The van der Waals surface area contributed by atoms with E-state index in [1.807, 2.05) is 18.2 Å². The van der Waals surface area contributed by atoms with Gasteiger partial charge in [-0.3, -0.25) is 0 Å². The molecule has 0 bridgehead atoms. The van der Waals surface area contributed by atoms with E-state index in [2.05, 4.69) is 47.1 Å². The maximum Gasteiger partial charge on any atom is 0.0640 e. The van der Waals surface area contributed by atoms with Crippen molar-refractivity contribution in [2.24, 2.45) is 0 Å². The molecule has 3 heteroatoms. The van der Waals surface area contributed by atoms with Gasteiger partial charge in [-0.15, -0.1) is 11.6 Å². The lowest BCUT2D eigenvalue weighted by Gasteiger charge is -2.12. The number of rotatable bonds is 3. The van der Waals surface area contributed by atoms with Gasteiger partial charge in [-0.05, 0) is 36.6 Å². The minimum Gasteiger partial charge on any atom is -0.117 e. The molecule has 2 rings (SSSR count). The maximum atomic E-state index is 6.45. The molecule has 94 valence electrons. The van der Waals surface area contributed by atoms with Crippen molar-refractivity contribution in [3.8, 4) is 0 Å². The number of halogens is 3. The van der Waals surface area contributed by atoms with E-state index < -0.39 is 0 Å². The Labute approximate surface area is 126 Å². The monoisotopic (exact) mass is 342 g/mol. The minimum absolute atomic E-state index is 0.104. The molecule has 1 unspecified atom stereocenters. The molecule has 0 fully saturated rings. The van der Waals surface area contributed by atoms with Crippen LogP contribution in [0.2, 0.25) is 5.02 Å². The van der Waals surface area contributed by atoms with Gasteiger partial charge in [0.05, 0.1) is 5.38 Å². The third kappa shape index (κ3) is 3.50. The van der Waals surface area contributed by atoms with Gasteiger partial charge in [-0.2, -0.15) is 0 Å². The van der Waals surface area contributed by atoms with Crippen LogP contribution in [-0.4, -0.2) is 0 Å². The van der Waals surface area contributed by atoms with Crippen molar-refractivity contribution in [2.45, 2.75) is 18.7 Å². The summed E-state index contributed by atoms with van der Waals surface area (Å²) in [5.41, 5.74) is 3.45. The summed E-state index contributed by atoms with van der Waals surface area (Å²) in [6.45, 7) is 2.08. The van der Waals surface area contributed by atoms with Crippen molar-refractivity contribution in [1.82, 2.24) is 0 Å². The lowest BCUT2D eigenvalue weighted by atomic mass is 10.0. The van der Waals surface area contributed by atoms with Gasteiger partial charge < -0.3 is 0 Å². The van der Waals surface area contributed by atoms with Crippen LogP contribution in [0.4, 0.5) is 0 Å². The lowest BCUT2D eigenvalue weighted by molar-refractivity contribution is 0.918. The second-order valence-corrected chi connectivity index (χ2v) is 6.18. The number of hydrogen-bond donors (Lipinski definition) is 0. The molecule has 0 spiro atoms. The van der Waals surface area contributed by atoms with Gasteiger partial charge in [0, 0.05) is 9.50 Å². The fourth-order valence-electron chi connectivity index (χ4n) is 1.91. The SMILES string of the molecule is Cc1cccc(CC(Cl)c2ccc(Br)cc2Cl)c1. The Hall–Kier alpha value is -0.500. The van der Waals surface area contributed by atoms with E-state index in [1.165, 1.54) is 11.1 Å². The molecule has 2 aromatic rings. The molecule has 18 heavy (non-hydrogen) atoms. The summed E-state index contributed by atoms with van der Waals surface area (Å²) in [5.74, 6) is 0. The topological polar surface area (TPSA) is 0 Å². The molecule has 0 heterocycles. The van der Waals surface area contributed by atoms with Gasteiger partial charge in [0.2, 0.25) is 0 Å². The van der Waals surface area contributed by atoms with Crippen LogP contribution in [0.1, 0.15) is 22.1 Å². The molecule has 2 aromatic carbocycles. The lowest BCUT2D eigenvalue weighted by Crippen LogP contribution is -1.97. The maximum absolute atomic E-state index is 6.45. The van der Waals surface area contributed by atoms with Crippen LogP contribution in [0.5, 0.6) is 0 Å². The first-order valence-electron chi connectivity index (χ1n) is 5.71. The molecule has 0 N–H and O–H groups in total. The molecular formula is C15H13BrCl2. The average Bonchev–Trinajstić information content (AvgIpc) is 2.28. The molecule has 0 saturated carbocycles. The van der Waals surface area contributed by atoms with Crippen molar-refractivity contribution in [1.29, 1.82) is 0 Å². The zero-order valence-electron chi connectivity index (χ0n) is 9.96. The molecule has 0 radical (unpaired) electrons. The van der Waals surface area contributed by atoms with Crippen LogP contribution in [0.25, 0.3) is 0 Å². The Morgan fingerprint density at radius 3 is 2.61 bits per heavy atom. The van der Waals surface area contributed by atoms with E-state index >= 15 is 0 Å². The van der Waals surface area contributed by atoms with Gasteiger partial charge >= 0.3 is 0 Å². The molecule has 0 nitrogen and oxygen atoms in total. The average molecular weight is 344 g/mol. The first-order chi connectivity index (χ1) is 8.56. The summed E-state index contributed by atoms with van der Waals surface area (Å²) >= 11 is 16.1. The summed E-state index contributed by atoms with van der Waals surface area (Å²) in [6, 6.07) is 14.2. The normalized spacial score (nSPS) is 12.4. The highest BCUT2D eigenvalue weighted by Crippen LogP contribution is 2.32. The van der Waals surface area contributed by atoms with E-state index in [0.717, 1.165) is 16.5 Å². The molecule has 0 aliphatic rings. The standard InChI is InChI=1S/C15H13BrCl2/c1-10-3-2-4-11(7-10)8-14(17)13-6-5-12(16)9-15(13)18/h2-7,9,14H,8H2,1H3. The Bertz CT molecular complexity index is 552. The highest BCUT2D eigenvalue weighted by atomic mass is 79.9. The molecule has 0 amide bonds. The second kappa shape index (κ2) is 6.10. The quantitative estimate of drug-likeness (QED) is 0.605. The zero-order valence-corrected chi connectivity index (χ0v) is 13.1. The number of aryl methyl sites for hydroxylation is 1. The minimum atomic E-state index is -0.104. The zero-order chi connectivity index (χ0) is 13.1. The Morgan fingerprint density at radius 1 is 1.17 bits per heavy atom. The predicted molar refractivity (Wildman–Crippen MR) is 82.6 cm³/mol. The second-order valence-electron chi connectivity index (χ2n) is 4.33. The van der Waals surface area contributed by atoms with Crippen molar-refractivity contribution in [2.75, 3.05) is 0 Å². The summed E-state index contributed by atoms with van der Waals surface area (Å²) in [4.78, 5) is 0. The highest BCUT2D eigenvalue weighted by Gasteiger charge is 2.12. The third-order valence-corrected chi connectivity index (χ3v) is 4.01. The fraction of sp³-hybridized carbons (Fsp3) is 0.200. The van der Waals surface area contributed by atoms with Crippen LogP contribution in [0, 0.1) is 6.92 Å². The molecular weight excluding hydrogens is 331 g/mol. The summed E-state index contributed by atoms with van der Waals surface area (Å²) in [6.07, 6.45) is 0.782. The first kappa shape index (κ1) is 13.9. The molecule has 0 aromatic heterocycles. The third-order valence-electron chi connectivity index (χ3n) is 2.80. The summed E-state index contributed by atoms with van der Waals surface area (Å²) < 4.78 is 0.968. The summed E-state index contributed by atoms with van der Waals surface area (Å²) in [7, 11) is 0. The van der Waals surface area contributed by atoms with Gasteiger partial charge in [0.1, 0.15) is 0 Å². The molecule has 0 saturated heterocycles. The van der Waals surface area contributed by atoms with Crippen molar-refractivity contribution in [3.63, 3.8) is 0 Å². The molecule has 0 aliphatic carbocycles. The molecule has 1 atom stereocenters. The largest absolute Gasteiger partial charge is 0.117 e. The van der Waals surface area contributed by atoms with Crippen molar-refractivity contribution in [3.05, 3.63) is 68.7 Å². The van der Waals surface area contributed by atoms with Crippen LogP contribution in [0.3, 0.4) is 0 Å². The summed E-state index contributed by atoms with van der Waals surface area (Å²) in [5, 5.41) is 0.601. The number of alkyl halides is 1. The van der Waals surface area contributed by atoms with Gasteiger partial charge in [0.25, 0.3) is 0 Å². The van der Waals surface area contributed by atoms with Gasteiger partial charge in [-0.25, -0.2) is 0 Å². The smallest absolute Gasteiger partial charge is 0.0640 e. The Balaban J connectivity index is 2.19. The number of benzene rings is 2.